The van der Waals surface area contributed by atoms with E-state index < -0.39 is 17.9 Å². The van der Waals surface area contributed by atoms with E-state index in [2.05, 4.69) is 16.9 Å². The van der Waals surface area contributed by atoms with E-state index in [-0.39, 0.29) is 5.15 Å². The lowest BCUT2D eigenvalue weighted by Crippen LogP contribution is -2.35. The number of unbranched alkanes of at least 4 members (excludes halogenated alkanes) is 1. The van der Waals surface area contributed by atoms with Crippen LogP contribution in [0.3, 0.4) is 0 Å². The fourth-order valence-electron chi connectivity index (χ4n) is 3.69. The highest BCUT2D eigenvalue weighted by atomic mass is 35.5. The lowest BCUT2D eigenvalue weighted by molar-refractivity contribution is 0.0605. The number of hydrogen-bond acceptors (Lipinski definition) is 6. The smallest absolute Gasteiger partial charge is 0.262 e. The summed E-state index contributed by atoms with van der Waals surface area (Å²) in [6.45, 7) is 2.59. The minimum Gasteiger partial charge on any atom is -0.493 e. The van der Waals surface area contributed by atoms with Crippen LogP contribution in [0.5, 0.6) is 11.5 Å². The monoisotopic (exact) mass is 451 g/mol. The van der Waals surface area contributed by atoms with Gasteiger partial charge < -0.3 is 9.47 Å². The SMILES string of the molecule is CCCCOc1cc(C(c2nccnc2Cl)N2C(=O)c3ccccc3C2=O)ccc1OC. The largest absolute Gasteiger partial charge is 0.493 e. The van der Waals surface area contributed by atoms with Crippen LogP contribution >= 0.6 is 11.6 Å². The molecule has 164 valence electrons. The van der Waals surface area contributed by atoms with Crippen molar-refractivity contribution in [1.29, 1.82) is 0 Å². The van der Waals surface area contributed by atoms with Gasteiger partial charge in [-0.3, -0.25) is 19.5 Å². The quantitative estimate of drug-likeness (QED) is 0.364. The van der Waals surface area contributed by atoms with Gasteiger partial charge in [-0.2, -0.15) is 0 Å². The van der Waals surface area contributed by atoms with Crippen molar-refractivity contribution >= 4 is 23.4 Å². The normalized spacial score (nSPS) is 13.8. The summed E-state index contributed by atoms with van der Waals surface area (Å²) < 4.78 is 11.4. The van der Waals surface area contributed by atoms with Crippen LogP contribution in [0.15, 0.2) is 54.9 Å². The fraction of sp³-hybridized carbons (Fsp3) is 0.250. The number of ether oxygens (including phenoxy) is 2. The highest BCUT2D eigenvalue weighted by Gasteiger charge is 2.42. The van der Waals surface area contributed by atoms with E-state index in [0.717, 1.165) is 12.8 Å². The van der Waals surface area contributed by atoms with Crippen molar-refractivity contribution in [3.05, 3.63) is 82.4 Å². The van der Waals surface area contributed by atoms with Crippen LogP contribution in [-0.4, -0.2) is 40.4 Å². The Kier molecular flexibility index (Phi) is 6.37. The Balaban J connectivity index is 1.84. The van der Waals surface area contributed by atoms with Crippen LogP contribution in [-0.2, 0) is 0 Å². The van der Waals surface area contributed by atoms with Gasteiger partial charge in [0.2, 0.25) is 0 Å². The van der Waals surface area contributed by atoms with Crippen molar-refractivity contribution in [3.8, 4) is 11.5 Å². The van der Waals surface area contributed by atoms with Crippen LogP contribution in [0.2, 0.25) is 5.15 Å². The van der Waals surface area contributed by atoms with Crippen molar-refractivity contribution in [2.24, 2.45) is 0 Å². The fourth-order valence-corrected chi connectivity index (χ4v) is 3.90. The van der Waals surface area contributed by atoms with Crippen molar-refractivity contribution < 1.29 is 19.1 Å². The molecule has 8 heteroatoms. The molecule has 0 saturated heterocycles. The second kappa shape index (κ2) is 9.36. The minimum atomic E-state index is -0.886. The number of hydrogen-bond donors (Lipinski definition) is 0. The number of carbonyl (C=O) groups excluding carboxylic acids is 2. The molecule has 2 amide bonds. The first kappa shape index (κ1) is 21.8. The summed E-state index contributed by atoms with van der Waals surface area (Å²) in [7, 11) is 1.56. The molecule has 4 rings (SSSR count). The molecule has 0 radical (unpaired) electrons. The number of nitrogens with zero attached hydrogens (tertiary/aromatic N) is 3. The van der Waals surface area contributed by atoms with E-state index in [9.17, 15) is 9.59 Å². The van der Waals surface area contributed by atoms with Gasteiger partial charge in [-0.25, -0.2) is 4.98 Å². The third-order valence-corrected chi connectivity index (χ3v) is 5.57. The maximum atomic E-state index is 13.3. The number of fused-ring (bicyclic) bond motifs is 1. The summed E-state index contributed by atoms with van der Waals surface area (Å²) in [4.78, 5) is 36.2. The number of imide groups is 1. The molecule has 2 heterocycles. The number of halogens is 1. The molecule has 0 saturated carbocycles. The Morgan fingerprint density at radius 3 is 2.31 bits per heavy atom. The number of benzene rings is 2. The van der Waals surface area contributed by atoms with Gasteiger partial charge in [0.05, 0.1) is 24.8 Å². The van der Waals surface area contributed by atoms with Gasteiger partial charge in [-0.1, -0.05) is 43.1 Å². The zero-order valence-corrected chi connectivity index (χ0v) is 18.5. The molecule has 1 aliphatic heterocycles. The molecule has 0 bridgehead atoms. The number of carbonyl (C=O) groups is 2. The molecule has 3 aromatic rings. The lowest BCUT2D eigenvalue weighted by atomic mass is 10.0. The molecule has 7 nitrogen and oxygen atoms in total. The third-order valence-electron chi connectivity index (χ3n) is 5.28. The highest BCUT2D eigenvalue weighted by molar-refractivity contribution is 6.30. The molecule has 1 unspecified atom stereocenters. The van der Waals surface area contributed by atoms with E-state index in [1.807, 2.05) is 0 Å². The van der Waals surface area contributed by atoms with Crippen molar-refractivity contribution in [2.45, 2.75) is 25.8 Å². The first-order valence-corrected chi connectivity index (χ1v) is 10.7. The average Bonchev–Trinajstić information content (AvgIpc) is 3.06. The van der Waals surface area contributed by atoms with Gasteiger partial charge in [0.25, 0.3) is 11.8 Å². The van der Waals surface area contributed by atoms with Gasteiger partial charge in [-0.05, 0) is 36.2 Å². The van der Waals surface area contributed by atoms with Crippen molar-refractivity contribution in [1.82, 2.24) is 14.9 Å². The zero-order valence-electron chi connectivity index (χ0n) is 17.7. The minimum absolute atomic E-state index is 0.110. The summed E-state index contributed by atoms with van der Waals surface area (Å²) in [6, 6.07) is 11.1. The molecule has 1 aromatic heterocycles. The first-order chi connectivity index (χ1) is 15.6. The number of aromatic nitrogens is 2. The van der Waals surface area contributed by atoms with E-state index in [1.165, 1.54) is 17.3 Å². The van der Waals surface area contributed by atoms with Gasteiger partial charge >= 0.3 is 0 Å². The molecule has 0 N–H and O–H groups in total. The second-order valence-corrected chi connectivity index (χ2v) is 7.63. The number of amides is 2. The van der Waals surface area contributed by atoms with Crippen LogP contribution < -0.4 is 9.47 Å². The Morgan fingerprint density at radius 1 is 1.00 bits per heavy atom. The predicted octanol–water partition coefficient (Wildman–Crippen LogP) is 4.70. The predicted molar refractivity (Wildman–Crippen MR) is 119 cm³/mol. The molecule has 2 aromatic carbocycles. The molecule has 32 heavy (non-hydrogen) atoms. The average molecular weight is 452 g/mol. The third kappa shape index (κ3) is 3.91. The summed E-state index contributed by atoms with van der Waals surface area (Å²) in [5.41, 5.74) is 1.59. The van der Waals surface area contributed by atoms with Gasteiger partial charge in [-0.15, -0.1) is 0 Å². The summed E-state index contributed by atoms with van der Waals surface area (Å²) in [5.74, 6) is 0.236. The van der Waals surface area contributed by atoms with Gasteiger partial charge in [0, 0.05) is 12.4 Å². The summed E-state index contributed by atoms with van der Waals surface area (Å²) >= 11 is 6.38. The molecule has 0 aliphatic carbocycles. The molecular formula is C24H22ClN3O4. The maximum Gasteiger partial charge on any atom is 0.262 e. The van der Waals surface area contributed by atoms with E-state index in [0.29, 0.717) is 40.5 Å². The molecular weight excluding hydrogens is 430 g/mol. The number of rotatable bonds is 8. The van der Waals surface area contributed by atoms with Crippen LogP contribution in [0, 0.1) is 0 Å². The number of methoxy groups -OCH3 is 1. The summed E-state index contributed by atoms with van der Waals surface area (Å²) in [6.07, 6.45) is 4.80. The molecule has 0 spiro atoms. The van der Waals surface area contributed by atoms with E-state index >= 15 is 0 Å². The van der Waals surface area contributed by atoms with E-state index in [4.69, 9.17) is 21.1 Å². The Morgan fingerprint density at radius 2 is 1.69 bits per heavy atom. The van der Waals surface area contributed by atoms with Gasteiger partial charge in [0.1, 0.15) is 11.7 Å². The zero-order chi connectivity index (χ0) is 22.7. The summed E-state index contributed by atoms with van der Waals surface area (Å²) in [5, 5.41) is 0.110. The Bertz CT molecular complexity index is 1130. The molecule has 0 fully saturated rings. The standard InChI is InChI=1S/C24H22ClN3O4/c1-3-4-13-32-19-14-15(9-10-18(19)31-2)21(20-22(25)27-12-11-26-20)28-23(29)16-7-5-6-8-17(16)24(28)30/h5-12,14,21H,3-4,13H2,1-2H3. The van der Waals surface area contributed by atoms with Crippen LogP contribution in [0.4, 0.5) is 0 Å². The van der Waals surface area contributed by atoms with E-state index in [1.54, 1.807) is 49.6 Å². The highest BCUT2D eigenvalue weighted by Crippen LogP contribution is 2.40. The van der Waals surface area contributed by atoms with Crippen LogP contribution in [0.25, 0.3) is 0 Å². The Labute approximate surface area is 191 Å². The maximum absolute atomic E-state index is 13.3. The second-order valence-electron chi connectivity index (χ2n) is 7.27. The first-order valence-electron chi connectivity index (χ1n) is 10.3. The van der Waals surface area contributed by atoms with Gasteiger partial charge in [0.15, 0.2) is 16.7 Å². The lowest BCUT2D eigenvalue weighted by Gasteiger charge is -2.27. The topological polar surface area (TPSA) is 81.6 Å². The molecule has 1 aliphatic rings. The Hall–Kier alpha value is -3.45. The van der Waals surface area contributed by atoms with Crippen molar-refractivity contribution in [2.75, 3.05) is 13.7 Å². The molecule has 1 atom stereocenters. The van der Waals surface area contributed by atoms with Crippen LogP contribution in [0.1, 0.15) is 57.8 Å². The van der Waals surface area contributed by atoms with Crippen molar-refractivity contribution in [3.63, 3.8) is 0 Å².